The van der Waals surface area contributed by atoms with Gasteiger partial charge in [-0.15, -0.1) is 0 Å². The van der Waals surface area contributed by atoms with E-state index in [1.165, 1.54) is 0 Å². The largest absolute Gasteiger partial charge is 0.395 e. The number of rotatable bonds is 6. The lowest BCUT2D eigenvalue weighted by atomic mass is 10.2. The van der Waals surface area contributed by atoms with Crippen LogP contribution >= 0.6 is 0 Å². The quantitative estimate of drug-likeness (QED) is 0.743. The second-order valence-corrected chi connectivity index (χ2v) is 6.04. The molecule has 8 heteroatoms. The van der Waals surface area contributed by atoms with Crippen LogP contribution in [0.3, 0.4) is 0 Å². The zero-order valence-electron chi connectivity index (χ0n) is 9.39. The van der Waals surface area contributed by atoms with Crippen LogP contribution in [-0.4, -0.2) is 62.4 Å². The van der Waals surface area contributed by atoms with E-state index < -0.39 is 34.9 Å². The molecule has 1 aliphatic rings. The van der Waals surface area contributed by atoms with Gasteiger partial charge in [-0.1, -0.05) is 0 Å². The Morgan fingerprint density at radius 3 is 2.41 bits per heavy atom. The Bertz CT molecular complexity index is 317. The molecule has 1 N–H and O–H groups in total. The van der Waals surface area contributed by atoms with Gasteiger partial charge in [-0.3, -0.25) is 0 Å². The number of alkyl halides is 2. The summed E-state index contributed by atoms with van der Waals surface area (Å²) >= 11 is 0. The van der Waals surface area contributed by atoms with Crippen molar-refractivity contribution in [1.29, 1.82) is 0 Å². The highest BCUT2D eigenvalue weighted by Crippen LogP contribution is 2.20. The molecule has 0 spiro atoms. The van der Waals surface area contributed by atoms with Gasteiger partial charge in [0.2, 0.25) is 10.0 Å². The summed E-state index contributed by atoms with van der Waals surface area (Å²) in [6, 6.07) is 0. The van der Waals surface area contributed by atoms with Gasteiger partial charge in [0.25, 0.3) is 6.43 Å². The van der Waals surface area contributed by atoms with Gasteiger partial charge < -0.3 is 9.84 Å². The van der Waals surface area contributed by atoms with Gasteiger partial charge in [0, 0.05) is 19.8 Å². The Labute approximate surface area is 99.4 Å². The molecule has 0 radical (unpaired) electrons. The summed E-state index contributed by atoms with van der Waals surface area (Å²) in [7, 11) is -3.77. The number of sulfonamides is 1. The molecule has 0 saturated carbocycles. The molecule has 0 unspecified atom stereocenters. The highest BCUT2D eigenvalue weighted by molar-refractivity contribution is 7.89. The minimum atomic E-state index is -3.77. The van der Waals surface area contributed by atoms with Crippen molar-refractivity contribution >= 4 is 10.0 Å². The Morgan fingerprint density at radius 1 is 1.35 bits per heavy atom. The van der Waals surface area contributed by atoms with Gasteiger partial charge in [-0.25, -0.2) is 17.2 Å². The van der Waals surface area contributed by atoms with Crippen LogP contribution in [0.4, 0.5) is 8.78 Å². The standard InChI is InChI=1S/C9H17F2NO4S/c10-9(11)7-12(3-4-13)17(14,15)8-1-5-16-6-2-8/h8-9,13H,1-7H2. The molecular formula is C9H17F2NO4S. The Hall–Kier alpha value is -0.310. The van der Waals surface area contributed by atoms with E-state index in [-0.39, 0.29) is 6.54 Å². The number of aliphatic hydroxyl groups excluding tert-OH is 1. The monoisotopic (exact) mass is 273 g/mol. The molecule has 1 fully saturated rings. The summed E-state index contributed by atoms with van der Waals surface area (Å²) in [6.45, 7) is -0.962. The lowest BCUT2D eigenvalue weighted by Gasteiger charge is -2.29. The van der Waals surface area contributed by atoms with Crippen LogP contribution in [-0.2, 0) is 14.8 Å². The number of nitrogens with zero attached hydrogens (tertiary/aromatic N) is 1. The highest BCUT2D eigenvalue weighted by atomic mass is 32.2. The predicted octanol–water partition coefficient (Wildman–Crippen LogP) is 0.0546. The molecule has 1 aliphatic heterocycles. The fraction of sp³-hybridized carbons (Fsp3) is 1.00. The Kier molecular flexibility index (Phi) is 5.71. The van der Waals surface area contributed by atoms with E-state index in [2.05, 4.69) is 0 Å². The van der Waals surface area contributed by atoms with Gasteiger partial charge in [-0.05, 0) is 12.8 Å². The van der Waals surface area contributed by atoms with Crippen LogP contribution < -0.4 is 0 Å². The first kappa shape index (κ1) is 14.7. The van der Waals surface area contributed by atoms with Crippen LogP contribution in [0.2, 0.25) is 0 Å². The van der Waals surface area contributed by atoms with E-state index in [1.807, 2.05) is 0 Å². The normalized spacial score (nSPS) is 19.1. The predicted molar refractivity (Wildman–Crippen MR) is 57.4 cm³/mol. The first-order valence-corrected chi connectivity index (χ1v) is 6.94. The molecule has 1 saturated heterocycles. The number of halogens is 2. The van der Waals surface area contributed by atoms with E-state index in [0.717, 1.165) is 0 Å². The molecule has 5 nitrogen and oxygen atoms in total. The summed E-state index contributed by atoms with van der Waals surface area (Å²) in [6.07, 6.45) is -2.11. The van der Waals surface area contributed by atoms with Crippen LogP contribution in [0.25, 0.3) is 0 Å². The minimum Gasteiger partial charge on any atom is -0.395 e. The summed E-state index contributed by atoms with van der Waals surface area (Å²) in [5, 5.41) is 8.06. The fourth-order valence-electron chi connectivity index (χ4n) is 1.77. The van der Waals surface area contributed by atoms with E-state index in [1.54, 1.807) is 0 Å². The fourth-order valence-corrected chi connectivity index (χ4v) is 3.64. The lowest BCUT2D eigenvalue weighted by Crippen LogP contribution is -2.44. The van der Waals surface area contributed by atoms with Crippen molar-refractivity contribution in [1.82, 2.24) is 4.31 Å². The van der Waals surface area contributed by atoms with Gasteiger partial charge in [0.1, 0.15) is 0 Å². The zero-order chi connectivity index (χ0) is 12.9. The summed E-state index contributed by atoms with van der Waals surface area (Å²) in [5.41, 5.74) is 0. The van der Waals surface area contributed by atoms with E-state index in [4.69, 9.17) is 9.84 Å². The average Bonchev–Trinajstić information content (AvgIpc) is 2.29. The molecule has 0 amide bonds. The number of aliphatic hydroxyl groups is 1. The molecule has 0 bridgehead atoms. The van der Waals surface area contributed by atoms with E-state index in [0.29, 0.717) is 30.4 Å². The third-order valence-corrected chi connectivity index (χ3v) is 5.01. The van der Waals surface area contributed by atoms with Crippen LogP contribution in [0.5, 0.6) is 0 Å². The number of ether oxygens (including phenoxy) is 1. The van der Waals surface area contributed by atoms with Crippen molar-refractivity contribution in [2.75, 3.05) is 32.9 Å². The molecule has 0 aliphatic carbocycles. The number of hydrogen-bond acceptors (Lipinski definition) is 4. The second-order valence-electron chi connectivity index (χ2n) is 3.83. The van der Waals surface area contributed by atoms with Crippen molar-refractivity contribution in [3.05, 3.63) is 0 Å². The van der Waals surface area contributed by atoms with Crippen molar-refractivity contribution in [2.45, 2.75) is 24.5 Å². The molecule has 17 heavy (non-hydrogen) atoms. The molecule has 0 aromatic heterocycles. The van der Waals surface area contributed by atoms with E-state index in [9.17, 15) is 17.2 Å². The maximum atomic E-state index is 12.3. The van der Waals surface area contributed by atoms with Crippen LogP contribution in [0.1, 0.15) is 12.8 Å². The van der Waals surface area contributed by atoms with Gasteiger partial charge in [0.15, 0.2) is 0 Å². The van der Waals surface area contributed by atoms with Crippen molar-refractivity contribution < 1.29 is 27.0 Å². The summed E-state index contributed by atoms with van der Waals surface area (Å²) < 4.78 is 54.4. The maximum absolute atomic E-state index is 12.3. The molecule has 1 heterocycles. The third kappa shape index (κ3) is 4.13. The SMILES string of the molecule is O=S(=O)(C1CCOCC1)N(CCO)CC(F)F. The minimum absolute atomic E-state index is 0.288. The second kappa shape index (κ2) is 6.58. The highest BCUT2D eigenvalue weighted by Gasteiger charge is 2.34. The summed E-state index contributed by atoms with van der Waals surface area (Å²) in [4.78, 5) is 0. The Morgan fingerprint density at radius 2 is 1.94 bits per heavy atom. The number of hydrogen-bond donors (Lipinski definition) is 1. The van der Waals surface area contributed by atoms with Gasteiger partial charge >= 0.3 is 0 Å². The zero-order valence-corrected chi connectivity index (χ0v) is 10.2. The van der Waals surface area contributed by atoms with Crippen LogP contribution in [0.15, 0.2) is 0 Å². The first-order valence-electron chi connectivity index (χ1n) is 5.44. The maximum Gasteiger partial charge on any atom is 0.252 e. The van der Waals surface area contributed by atoms with Crippen molar-refractivity contribution in [2.24, 2.45) is 0 Å². The topological polar surface area (TPSA) is 66.8 Å². The molecule has 0 aromatic carbocycles. The van der Waals surface area contributed by atoms with Crippen LogP contribution in [0, 0.1) is 0 Å². The average molecular weight is 273 g/mol. The van der Waals surface area contributed by atoms with E-state index >= 15 is 0 Å². The molecule has 102 valence electrons. The Balaban J connectivity index is 2.74. The summed E-state index contributed by atoms with van der Waals surface area (Å²) in [5.74, 6) is 0. The van der Waals surface area contributed by atoms with Crippen molar-refractivity contribution in [3.63, 3.8) is 0 Å². The van der Waals surface area contributed by atoms with Gasteiger partial charge in [-0.2, -0.15) is 4.31 Å². The first-order chi connectivity index (χ1) is 7.98. The molecular weight excluding hydrogens is 256 g/mol. The van der Waals surface area contributed by atoms with Gasteiger partial charge in [0.05, 0.1) is 18.4 Å². The molecule has 0 aromatic rings. The van der Waals surface area contributed by atoms with Crippen molar-refractivity contribution in [3.8, 4) is 0 Å². The molecule has 1 rings (SSSR count). The third-order valence-electron chi connectivity index (χ3n) is 2.64. The smallest absolute Gasteiger partial charge is 0.252 e. The lowest BCUT2D eigenvalue weighted by molar-refractivity contribution is 0.0929. The molecule has 0 atom stereocenters.